The molecule has 0 aliphatic carbocycles. The Morgan fingerprint density at radius 1 is 1.31 bits per heavy atom. The maximum absolute atomic E-state index is 12.2. The number of nitrogens with one attached hydrogen (secondary N) is 1. The van der Waals surface area contributed by atoms with Crippen molar-refractivity contribution in [3.8, 4) is 0 Å². The molecule has 0 radical (unpaired) electrons. The Bertz CT molecular complexity index is 335. The second kappa shape index (κ2) is 3.33. The molecule has 0 aliphatic heterocycles. The molecule has 0 aliphatic rings. The smallest absolute Gasteiger partial charge is 0.418 e. The number of hydrogen-bond acceptors (Lipinski definition) is 0. The van der Waals surface area contributed by atoms with E-state index in [1.807, 2.05) is 0 Å². The fourth-order valence-electron chi connectivity index (χ4n) is 0.812. The molecule has 0 aromatic heterocycles. The zero-order valence-corrected chi connectivity index (χ0v) is 6.95. The van der Waals surface area contributed by atoms with Crippen LogP contribution in [0.25, 0.3) is 5.53 Å². The highest BCUT2D eigenvalue weighted by Crippen LogP contribution is 2.35. The van der Waals surface area contributed by atoms with Crippen LogP contribution >= 0.6 is 11.6 Å². The summed E-state index contributed by atoms with van der Waals surface area (Å²) in [5.41, 5.74) is 7.32. The molecule has 0 atom stereocenters. The first-order valence-electron chi connectivity index (χ1n) is 3.22. The van der Waals surface area contributed by atoms with Gasteiger partial charge in [0.25, 0.3) is 0 Å². The largest absolute Gasteiger partial charge is 0.502 e. The van der Waals surface area contributed by atoms with Crippen molar-refractivity contribution in [2.24, 2.45) is 0 Å². The van der Waals surface area contributed by atoms with Crippen LogP contribution in [-0.4, -0.2) is 0 Å². The van der Waals surface area contributed by atoms with Gasteiger partial charge >= 0.3 is 6.18 Å². The van der Waals surface area contributed by atoms with E-state index in [9.17, 15) is 13.2 Å². The van der Waals surface area contributed by atoms with Crippen molar-refractivity contribution >= 4 is 17.3 Å². The number of nitrogens with zero attached hydrogens (tertiary/aromatic N) is 1. The third kappa shape index (κ3) is 2.18. The predicted octanol–water partition coefficient (Wildman–Crippen LogP) is 2.09. The highest BCUT2D eigenvalue weighted by Gasteiger charge is 2.33. The Balaban J connectivity index is 3.27. The summed E-state index contributed by atoms with van der Waals surface area (Å²) in [7, 11) is 0. The number of halogens is 4. The molecule has 1 rings (SSSR count). The van der Waals surface area contributed by atoms with E-state index in [0.29, 0.717) is 0 Å². The number of hydrogen-bond donors (Lipinski definition) is 1. The summed E-state index contributed by atoms with van der Waals surface area (Å²) in [5.74, 6) is 0. The molecule has 6 heteroatoms. The molecule has 1 aromatic rings. The van der Waals surface area contributed by atoms with Crippen LogP contribution in [0, 0.1) is 0 Å². The van der Waals surface area contributed by atoms with Crippen molar-refractivity contribution in [3.63, 3.8) is 0 Å². The zero-order chi connectivity index (χ0) is 10.1. The quantitative estimate of drug-likeness (QED) is 0.687. The maximum atomic E-state index is 12.2. The molecule has 0 fully saturated rings. The summed E-state index contributed by atoms with van der Waals surface area (Å²) < 4.78 is 36.5. The number of benzene rings is 1. The van der Waals surface area contributed by atoms with E-state index in [1.165, 1.54) is 6.07 Å². The number of rotatable bonds is 1. The Hall–Kier alpha value is -1.10. The molecule has 0 spiro atoms. The van der Waals surface area contributed by atoms with Gasteiger partial charge in [0.1, 0.15) is 0 Å². The molecule has 70 valence electrons. The topological polar surface area (TPSA) is 36.3 Å². The summed E-state index contributed by atoms with van der Waals surface area (Å²) in [4.78, 5) is 0. The van der Waals surface area contributed by atoms with E-state index in [2.05, 4.69) is 0 Å². The Kier molecular flexibility index (Phi) is 2.56. The van der Waals surface area contributed by atoms with Gasteiger partial charge in [0.2, 0.25) is 0 Å². The molecule has 0 amide bonds. The average Bonchev–Trinajstić information content (AvgIpc) is 2.03. The fourth-order valence-corrected chi connectivity index (χ4v) is 1.04. The molecule has 0 bridgehead atoms. The molecule has 1 aromatic carbocycles. The summed E-state index contributed by atoms with van der Waals surface area (Å²) in [6.07, 6.45) is -4.51. The van der Waals surface area contributed by atoms with Gasteiger partial charge in [0.05, 0.1) is 10.6 Å². The minimum atomic E-state index is -4.51. The molecular weight excluding hydrogens is 205 g/mol. The lowest BCUT2D eigenvalue weighted by Crippen LogP contribution is -2.54. The van der Waals surface area contributed by atoms with E-state index in [1.54, 1.807) is 5.11 Å². The van der Waals surface area contributed by atoms with Crippen molar-refractivity contribution in [3.05, 3.63) is 34.3 Å². The predicted molar refractivity (Wildman–Crippen MR) is 40.4 cm³/mol. The van der Waals surface area contributed by atoms with Crippen LogP contribution < -0.4 is 5.11 Å². The lowest BCUT2D eigenvalue weighted by molar-refractivity contribution is -0.380. The zero-order valence-electron chi connectivity index (χ0n) is 6.19. The third-order valence-electron chi connectivity index (χ3n) is 1.40. The molecule has 1 N–H and O–H groups in total. The first-order valence-corrected chi connectivity index (χ1v) is 3.60. The van der Waals surface area contributed by atoms with E-state index in [4.69, 9.17) is 17.1 Å². The molecule has 13 heavy (non-hydrogen) atoms. The van der Waals surface area contributed by atoms with Gasteiger partial charge in [0.15, 0.2) is 5.69 Å². The van der Waals surface area contributed by atoms with Crippen molar-refractivity contribution in [2.75, 3.05) is 0 Å². The van der Waals surface area contributed by atoms with Crippen LogP contribution in [0.1, 0.15) is 5.56 Å². The van der Waals surface area contributed by atoms with Gasteiger partial charge in [0, 0.05) is 12.1 Å². The second-order valence-electron chi connectivity index (χ2n) is 2.30. The SMILES string of the molecule is [N-]=[NH+]c1ccc(Cl)c(C(F)(F)F)c1. The van der Waals surface area contributed by atoms with Crippen LogP contribution in [0.3, 0.4) is 0 Å². The van der Waals surface area contributed by atoms with Gasteiger partial charge in [-0.1, -0.05) is 11.6 Å². The summed E-state index contributed by atoms with van der Waals surface area (Å²) in [5, 5.41) is 1.21. The third-order valence-corrected chi connectivity index (χ3v) is 1.73. The van der Waals surface area contributed by atoms with Crippen LogP contribution in [0.2, 0.25) is 5.02 Å². The fraction of sp³-hybridized carbons (Fsp3) is 0.143. The molecule has 0 saturated carbocycles. The van der Waals surface area contributed by atoms with Gasteiger partial charge in [-0.2, -0.15) is 13.2 Å². The Labute approximate surface area is 76.8 Å². The first-order chi connectivity index (χ1) is 5.95. The van der Waals surface area contributed by atoms with Crippen LogP contribution in [-0.2, 0) is 6.18 Å². The summed E-state index contributed by atoms with van der Waals surface area (Å²) >= 11 is 5.31. The first kappa shape index (κ1) is 9.98. The van der Waals surface area contributed by atoms with E-state index in [-0.39, 0.29) is 5.69 Å². The van der Waals surface area contributed by atoms with Crippen molar-refractivity contribution in [2.45, 2.75) is 6.18 Å². The Morgan fingerprint density at radius 3 is 2.38 bits per heavy atom. The van der Waals surface area contributed by atoms with Crippen LogP contribution in [0.4, 0.5) is 18.9 Å². The van der Waals surface area contributed by atoms with Gasteiger partial charge in [-0.3, -0.25) is 5.11 Å². The van der Waals surface area contributed by atoms with Crippen LogP contribution in [0.15, 0.2) is 18.2 Å². The van der Waals surface area contributed by atoms with Gasteiger partial charge in [-0.15, -0.1) is 0 Å². The summed E-state index contributed by atoms with van der Waals surface area (Å²) in [6.45, 7) is 0. The highest BCUT2D eigenvalue weighted by molar-refractivity contribution is 6.31. The molecule has 0 saturated heterocycles. The highest BCUT2D eigenvalue weighted by atomic mass is 35.5. The van der Waals surface area contributed by atoms with Crippen molar-refractivity contribution in [1.82, 2.24) is 0 Å². The van der Waals surface area contributed by atoms with Crippen molar-refractivity contribution < 1.29 is 18.3 Å². The Morgan fingerprint density at radius 2 is 1.92 bits per heavy atom. The van der Waals surface area contributed by atoms with Crippen molar-refractivity contribution in [1.29, 1.82) is 0 Å². The average molecular weight is 209 g/mol. The normalized spacial score (nSPS) is 11.4. The lowest BCUT2D eigenvalue weighted by Gasteiger charge is -2.07. The van der Waals surface area contributed by atoms with E-state index in [0.717, 1.165) is 12.1 Å². The summed E-state index contributed by atoms with van der Waals surface area (Å²) in [6, 6.07) is 3.02. The van der Waals surface area contributed by atoms with Gasteiger partial charge < -0.3 is 5.53 Å². The van der Waals surface area contributed by atoms with Crippen LogP contribution in [0.5, 0.6) is 0 Å². The van der Waals surface area contributed by atoms with Gasteiger partial charge in [-0.05, 0) is 6.07 Å². The second-order valence-corrected chi connectivity index (χ2v) is 2.71. The number of alkyl halides is 3. The monoisotopic (exact) mass is 208 g/mol. The lowest BCUT2D eigenvalue weighted by atomic mass is 10.2. The van der Waals surface area contributed by atoms with E-state index >= 15 is 0 Å². The minimum Gasteiger partial charge on any atom is -0.502 e. The standard InChI is InChI=1S/C7H4ClF3N2/c8-6-2-1-4(13-12)3-5(6)7(9,10)11/h1-3,13H. The molecule has 0 heterocycles. The maximum Gasteiger partial charge on any atom is 0.418 e. The molecular formula is C7H4ClF3N2. The van der Waals surface area contributed by atoms with E-state index < -0.39 is 16.8 Å². The minimum absolute atomic E-state index is 0.0586. The van der Waals surface area contributed by atoms with Gasteiger partial charge in [-0.25, -0.2) is 0 Å². The molecule has 2 nitrogen and oxygen atoms in total. The molecule has 0 unspecified atom stereocenters.